The van der Waals surface area contributed by atoms with Crippen LogP contribution in [-0.2, 0) is 25.5 Å². The molecule has 1 atom stereocenters. The Balaban J connectivity index is 3.12. The van der Waals surface area contributed by atoms with Gasteiger partial charge < -0.3 is 19.5 Å². The average Bonchev–Trinajstić information content (AvgIpc) is 3.00. The Morgan fingerprint density at radius 3 is 2.36 bits per heavy atom. The van der Waals surface area contributed by atoms with Gasteiger partial charge in [-0.05, 0) is 51.7 Å². The molecule has 0 aliphatic heterocycles. The first kappa shape index (κ1) is 23.7. The number of hydrogen-bond acceptors (Lipinski definition) is 7. The van der Waals surface area contributed by atoms with E-state index in [9.17, 15) is 14.4 Å². The second-order valence-corrected chi connectivity index (χ2v) is 7.85. The van der Waals surface area contributed by atoms with Crippen molar-refractivity contribution < 1.29 is 28.6 Å². The molecule has 158 valence electrons. The van der Waals surface area contributed by atoms with Gasteiger partial charge in [0.05, 0.1) is 13.7 Å². The minimum atomic E-state index is -0.709. The molecule has 0 saturated carbocycles. The zero-order valence-electron chi connectivity index (χ0n) is 17.8. The number of carbonyl (C=O) groups excluding carboxylic acids is 3. The van der Waals surface area contributed by atoms with E-state index in [2.05, 4.69) is 5.32 Å². The molecule has 0 unspecified atom stereocenters. The minimum Gasteiger partial charge on any atom is -0.468 e. The van der Waals surface area contributed by atoms with Gasteiger partial charge in [0.25, 0.3) is 0 Å². The van der Waals surface area contributed by atoms with Crippen LogP contribution in [0, 0.1) is 5.92 Å². The Hall–Kier alpha value is -2.35. The van der Waals surface area contributed by atoms with Crippen LogP contribution in [-0.4, -0.2) is 48.0 Å². The minimum absolute atomic E-state index is 0.0803. The van der Waals surface area contributed by atoms with Gasteiger partial charge in [-0.15, -0.1) is 0 Å². The third-order valence-corrected chi connectivity index (χ3v) is 3.76. The molecule has 0 spiro atoms. The van der Waals surface area contributed by atoms with Crippen LogP contribution in [0.2, 0.25) is 0 Å². The molecule has 8 heteroatoms. The number of nitrogens with one attached hydrogen (secondary N) is 1. The largest absolute Gasteiger partial charge is 0.468 e. The number of ether oxygens (including phenoxy) is 3. The lowest BCUT2D eigenvalue weighted by Crippen LogP contribution is -2.38. The first-order chi connectivity index (χ1) is 13.0. The molecule has 0 amide bonds. The van der Waals surface area contributed by atoms with Gasteiger partial charge in [-0.1, -0.05) is 13.8 Å². The van der Waals surface area contributed by atoms with Gasteiger partial charge in [0.1, 0.15) is 17.3 Å². The van der Waals surface area contributed by atoms with Gasteiger partial charge in [0.2, 0.25) is 0 Å². The summed E-state index contributed by atoms with van der Waals surface area (Å²) >= 11 is 0. The third kappa shape index (κ3) is 6.99. The SMILES string of the molecule is CCOC(=O)c1c(CN[C@H](CC(C)C)C(=O)OC)ccn1C(=O)OC(C)(C)C. The van der Waals surface area contributed by atoms with E-state index in [1.807, 2.05) is 13.8 Å². The average molecular weight is 396 g/mol. The monoisotopic (exact) mass is 396 g/mol. The summed E-state index contributed by atoms with van der Waals surface area (Å²) in [6, 6.07) is 1.11. The predicted molar refractivity (Wildman–Crippen MR) is 104 cm³/mol. The molecule has 8 nitrogen and oxygen atoms in total. The van der Waals surface area contributed by atoms with Crippen molar-refractivity contribution in [2.24, 2.45) is 5.92 Å². The Morgan fingerprint density at radius 2 is 1.86 bits per heavy atom. The van der Waals surface area contributed by atoms with E-state index >= 15 is 0 Å². The van der Waals surface area contributed by atoms with Crippen molar-refractivity contribution in [3.63, 3.8) is 0 Å². The Kier molecular flexibility index (Phi) is 8.68. The normalized spacial score (nSPS) is 12.6. The first-order valence-corrected chi connectivity index (χ1v) is 9.42. The van der Waals surface area contributed by atoms with Gasteiger partial charge in [-0.25, -0.2) is 14.2 Å². The van der Waals surface area contributed by atoms with Crippen molar-refractivity contribution in [1.29, 1.82) is 0 Å². The van der Waals surface area contributed by atoms with Crippen molar-refractivity contribution in [2.75, 3.05) is 13.7 Å². The molecule has 1 rings (SSSR count). The summed E-state index contributed by atoms with van der Waals surface area (Å²) in [7, 11) is 1.33. The summed E-state index contributed by atoms with van der Waals surface area (Å²) in [5, 5.41) is 3.11. The Morgan fingerprint density at radius 1 is 1.21 bits per heavy atom. The summed E-state index contributed by atoms with van der Waals surface area (Å²) in [4.78, 5) is 36.9. The number of nitrogens with zero attached hydrogens (tertiary/aromatic N) is 1. The summed E-state index contributed by atoms with van der Waals surface area (Å²) in [6.45, 7) is 11.3. The molecule has 1 aromatic heterocycles. The number of aromatic nitrogens is 1. The molecule has 0 aliphatic rings. The topological polar surface area (TPSA) is 95.9 Å². The Bertz CT molecular complexity index is 687. The van der Waals surface area contributed by atoms with E-state index in [-0.39, 0.29) is 30.7 Å². The van der Waals surface area contributed by atoms with Crippen LogP contribution in [0.15, 0.2) is 12.3 Å². The zero-order valence-corrected chi connectivity index (χ0v) is 17.8. The molecule has 0 radical (unpaired) electrons. The van der Waals surface area contributed by atoms with Gasteiger partial charge in [-0.2, -0.15) is 0 Å². The van der Waals surface area contributed by atoms with Gasteiger partial charge in [0, 0.05) is 12.7 Å². The highest BCUT2D eigenvalue weighted by atomic mass is 16.6. The third-order valence-electron chi connectivity index (χ3n) is 3.76. The number of methoxy groups -OCH3 is 1. The standard InChI is InChI=1S/C20H32N2O6/c1-8-27-18(24)16-14(9-10-22(16)19(25)28-20(4,5)6)12-21-15(11-13(2)3)17(23)26-7/h9-10,13,15,21H,8,11-12H2,1-7H3/t15-/m1/s1. The highest BCUT2D eigenvalue weighted by Gasteiger charge is 2.27. The highest BCUT2D eigenvalue weighted by molar-refractivity contribution is 5.93. The highest BCUT2D eigenvalue weighted by Crippen LogP contribution is 2.17. The van der Waals surface area contributed by atoms with Crippen molar-refractivity contribution in [3.05, 3.63) is 23.5 Å². The van der Waals surface area contributed by atoms with Crippen LogP contribution >= 0.6 is 0 Å². The number of hydrogen-bond donors (Lipinski definition) is 1. The molecular weight excluding hydrogens is 364 g/mol. The van der Waals surface area contributed by atoms with E-state index in [1.54, 1.807) is 33.8 Å². The van der Waals surface area contributed by atoms with E-state index < -0.39 is 23.7 Å². The molecule has 28 heavy (non-hydrogen) atoms. The lowest BCUT2D eigenvalue weighted by molar-refractivity contribution is -0.143. The van der Waals surface area contributed by atoms with E-state index in [1.165, 1.54) is 13.3 Å². The fourth-order valence-electron chi connectivity index (χ4n) is 2.62. The first-order valence-electron chi connectivity index (χ1n) is 9.42. The van der Waals surface area contributed by atoms with Crippen molar-refractivity contribution in [2.45, 2.75) is 66.2 Å². The number of rotatable bonds is 8. The fraction of sp³-hybridized carbons (Fsp3) is 0.650. The summed E-state index contributed by atoms with van der Waals surface area (Å²) in [5.41, 5.74) is -0.0994. The lowest BCUT2D eigenvalue weighted by atomic mass is 10.0. The summed E-state index contributed by atoms with van der Waals surface area (Å²) in [6.07, 6.45) is 1.37. The van der Waals surface area contributed by atoms with Crippen LogP contribution in [0.1, 0.15) is 64.0 Å². The van der Waals surface area contributed by atoms with E-state index in [0.29, 0.717) is 12.0 Å². The maximum atomic E-state index is 12.5. The molecule has 0 aromatic carbocycles. The molecule has 0 aliphatic carbocycles. The summed E-state index contributed by atoms with van der Waals surface area (Å²) < 4.78 is 16.4. The maximum Gasteiger partial charge on any atom is 0.419 e. The van der Waals surface area contributed by atoms with Crippen LogP contribution in [0.3, 0.4) is 0 Å². The van der Waals surface area contributed by atoms with Crippen LogP contribution in [0.5, 0.6) is 0 Å². The molecular formula is C20H32N2O6. The molecule has 1 N–H and O–H groups in total. The van der Waals surface area contributed by atoms with Crippen LogP contribution < -0.4 is 5.32 Å². The fourth-order valence-corrected chi connectivity index (χ4v) is 2.62. The smallest absolute Gasteiger partial charge is 0.419 e. The molecule has 1 aromatic rings. The maximum absolute atomic E-state index is 12.5. The second-order valence-electron chi connectivity index (χ2n) is 7.85. The van der Waals surface area contributed by atoms with Crippen LogP contribution in [0.4, 0.5) is 4.79 Å². The predicted octanol–water partition coefficient (Wildman–Crippen LogP) is 3.13. The quantitative estimate of drug-likeness (QED) is 0.533. The van der Waals surface area contributed by atoms with E-state index in [4.69, 9.17) is 14.2 Å². The zero-order chi connectivity index (χ0) is 21.5. The van der Waals surface area contributed by atoms with Crippen LogP contribution in [0.25, 0.3) is 0 Å². The molecule has 0 bridgehead atoms. The van der Waals surface area contributed by atoms with Gasteiger partial charge in [0.15, 0.2) is 0 Å². The Labute approximate surface area is 166 Å². The number of carbonyl (C=O) groups is 3. The number of esters is 2. The van der Waals surface area contributed by atoms with Gasteiger partial charge >= 0.3 is 18.0 Å². The summed E-state index contributed by atoms with van der Waals surface area (Å²) in [5.74, 6) is -0.737. The molecule has 0 fully saturated rings. The van der Waals surface area contributed by atoms with Crippen molar-refractivity contribution >= 4 is 18.0 Å². The molecule has 0 saturated heterocycles. The van der Waals surface area contributed by atoms with E-state index in [0.717, 1.165) is 4.57 Å². The second kappa shape index (κ2) is 10.3. The van der Waals surface area contributed by atoms with Crippen molar-refractivity contribution in [3.8, 4) is 0 Å². The van der Waals surface area contributed by atoms with Gasteiger partial charge in [-0.3, -0.25) is 4.79 Å². The van der Waals surface area contributed by atoms with Crippen molar-refractivity contribution in [1.82, 2.24) is 9.88 Å². The lowest BCUT2D eigenvalue weighted by Gasteiger charge is -2.21. The molecule has 1 heterocycles.